The number of rotatable bonds is 2. The van der Waals surface area contributed by atoms with E-state index in [1.807, 2.05) is 32.9 Å². The topological polar surface area (TPSA) is 52.1 Å². The van der Waals surface area contributed by atoms with Gasteiger partial charge in [0.25, 0.3) is 0 Å². The van der Waals surface area contributed by atoms with E-state index >= 15 is 0 Å². The minimum Gasteiger partial charge on any atom is -0.460 e. The molecule has 0 unspecified atom stereocenters. The third-order valence-corrected chi connectivity index (χ3v) is 2.74. The molecule has 4 nitrogen and oxygen atoms in total. The first-order valence-corrected chi connectivity index (χ1v) is 6.34. The van der Waals surface area contributed by atoms with Gasteiger partial charge in [-0.1, -0.05) is 17.7 Å². The Bertz CT molecular complexity index is 615. The summed E-state index contributed by atoms with van der Waals surface area (Å²) in [6, 6.07) is 5.41. The summed E-state index contributed by atoms with van der Waals surface area (Å²) in [5.41, 5.74) is 0.801. The summed E-state index contributed by atoms with van der Waals surface area (Å²) in [4.78, 5) is 20.1. The van der Waals surface area contributed by atoms with Crippen LogP contribution in [-0.2, 0) is 16.0 Å². The van der Waals surface area contributed by atoms with Gasteiger partial charge >= 0.3 is 5.97 Å². The molecule has 0 radical (unpaired) electrons. The number of ether oxygens (including phenoxy) is 1. The summed E-state index contributed by atoms with van der Waals surface area (Å²) in [7, 11) is 0. The summed E-state index contributed by atoms with van der Waals surface area (Å²) < 4.78 is 5.29. The molecule has 0 bridgehead atoms. The highest BCUT2D eigenvalue weighted by molar-refractivity contribution is 6.35. The molecule has 1 heterocycles. The number of nitrogens with zero attached hydrogens (tertiary/aromatic N) is 2. The molecule has 0 saturated carbocycles. The van der Waals surface area contributed by atoms with E-state index in [4.69, 9.17) is 16.3 Å². The van der Waals surface area contributed by atoms with Crippen LogP contribution < -0.4 is 0 Å². The number of hydrogen-bond acceptors (Lipinski definition) is 4. The fourth-order valence-electron chi connectivity index (χ4n) is 1.78. The SMILES string of the molecule is CC(C)(C)OC(=O)Cc1ncnc2cccc(Cl)c12. The zero-order valence-corrected chi connectivity index (χ0v) is 11.9. The molecule has 0 aliphatic carbocycles. The summed E-state index contributed by atoms with van der Waals surface area (Å²) >= 11 is 6.15. The van der Waals surface area contributed by atoms with Crippen molar-refractivity contribution in [3.8, 4) is 0 Å². The van der Waals surface area contributed by atoms with Crippen molar-refractivity contribution in [2.24, 2.45) is 0 Å². The standard InChI is InChI=1S/C14H15ClN2O2/c1-14(2,3)19-12(18)7-11-13-9(15)5-4-6-10(13)16-8-17-11/h4-6,8H,7H2,1-3H3. The number of halogens is 1. The van der Waals surface area contributed by atoms with Crippen LogP contribution in [0, 0.1) is 0 Å². The summed E-state index contributed by atoms with van der Waals surface area (Å²) in [6.07, 6.45) is 1.51. The van der Waals surface area contributed by atoms with Crippen LogP contribution in [0.15, 0.2) is 24.5 Å². The van der Waals surface area contributed by atoms with Crippen LogP contribution in [0.25, 0.3) is 10.9 Å². The zero-order chi connectivity index (χ0) is 14.0. The minimum absolute atomic E-state index is 0.0834. The van der Waals surface area contributed by atoms with Gasteiger partial charge in [0.1, 0.15) is 11.9 Å². The molecular weight excluding hydrogens is 264 g/mol. The third-order valence-electron chi connectivity index (χ3n) is 2.42. The molecule has 2 aromatic rings. The molecule has 0 atom stereocenters. The lowest BCUT2D eigenvalue weighted by Crippen LogP contribution is -2.25. The molecule has 0 N–H and O–H groups in total. The highest BCUT2D eigenvalue weighted by atomic mass is 35.5. The molecular formula is C14H15ClN2O2. The van der Waals surface area contributed by atoms with Crippen molar-refractivity contribution in [2.75, 3.05) is 0 Å². The molecule has 0 aliphatic heterocycles. The van der Waals surface area contributed by atoms with Crippen molar-refractivity contribution in [3.63, 3.8) is 0 Å². The maximum Gasteiger partial charge on any atom is 0.312 e. The maximum atomic E-state index is 11.9. The lowest BCUT2D eigenvalue weighted by atomic mass is 10.1. The lowest BCUT2D eigenvalue weighted by Gasteiger charge is -2.19. The van der Waals surface area contributed by atoms with Gasteiger partial charge in [-0.25, -0.2) is 9.97 Å². The number of carbonyl (C=O) groups is 1. The Morgan fingerprint density at radius 2 is 2.05 bits per heavy atom. The van der Waals surface area contributed by atoms with Crippen molar-refractivity contribution in [1.29, 1.82) is 0 Å². The Hall–Kier alpha value is -1.68. The van der Waals surface area contributed by atoms with E-state index in [9.17, 15) is 4.79 Å². The smallest absolute Gasteiger partial charge is 0.312 e. The molecule has 0 spiro atoms. The first-order valence-electron chi connectivity index (χ1n) is 5.97. The van der Waals surface area contributed by atoms with E-state index in [1.54, 1.807) is 6.07 Å². The number of benzene rings is 1. The number of aromatic nitrogens is 2. The maximum absolute atomic E-state index is 11.9. The highest BCUT2D eigenvalue weighted by Gasteiger charge is 2.18. The van der Waals surface area contributed by atoms with Crippen LogP contribution in [-0.4, -0.2) is 21.5 Å². The molecule has 0 amide bonds. The fraction of sp³-hybridized carbons (Fsp3) is 0.357. The predicted octanol–water partition coefficient (Wildman–Crippen LogP) is 3.17. The fourth-order valence-corrected chi connectivity index (χ4v) is 2.06. The van der Waals surface area contributed by atoms with Gasteiger partial charge in [-0.2, -0.15) is 0 Å². The van der Waals surface area contributed by atoms with Crippen LogP contribution in [0.1, 0.15) is 26.5 Å². The van der Waals surface area contributed by atoms with Gasteiger partial charge in [-0.3, -0.25) is 4.79 Å². The first-order chi connectivity index (χ1) is 8.87. The van der Waals surface area contributed by atoms with Crippen molar-refractivity contribution < 1.29 is 9.53 Å². The van der Waals surface area contributed by atoms with E-state index in [0.717, 1.165) is 5.52 Å². The van der Waals surface area contributed by atoms with Gasteiger partial charge in [0.15, 0.2) is 0 Å². The molecule has 5 heteroatoms. The van der Waals surface area contributed by atoms with Crippen molar-refractivity contribution in [3.05, 3.63) is 35.2 Å². The predicted molar refractivity (Wildman–Crippen MR) is 74.1 cm³/mol. The van der Waals surface area contributed by atoms with Crippen LogP contribution in [0.4, 0.5) is 0 Å². The van der Waals surface area contributed by atoms with Gasteiger partial charge in [0.2, 0.25) is 0 Å². The Labute approximate surface area is 116 Å². The number of carbonyl (C=O) groups excluding carboxylic acids is 1. The third kappa shape index (κ3) is 3.41. The van der Waals surface area contributed by atoms with Gasteiger partial charge < -0.3 is 4.74 Å². The van der Waals surface area contributed by atoms with Crippen molar-refractivity contribution >= 4 is 28.5 Å². The monoisotopic (exact) mass is 278 g/mol. The zero-order valence-electron chi connectivity index (χ0n) is 11.1. The van der Waals surface area contributed by atoms with Crippen LogP contribution >= 0.6 is 11.6 Å². The normalized spacial score (nSPS) is 11.6. The Kier molecular flexibility index (Phi) is 3.71. The van der Waals surface area contributed by atoms with Gasteiger partial charge in [0, 0.05) is 5.39 Å². The minimum atomic E-state index is -0.510. The summed E-state index contributed by atoms with van der Waals surface area (Å²) in [5.74, 6) is -0.326. The van der Waals surface area contributed by atoms with Crippen molar-refractivity contribution in [2.45, 2.75) is 32.8 Å². The number of esters is 1. The molecule has 1 aromatic carbocycles. The van der Waals surface area contributed by atoms with E-state index in [0.29, 0.717) is 16.1 Å². The molecule has 0 fully saturated rings. The van der Waals surface area contributed by atoms with Crippen LogP contribution in [0.5, 0.6) is 0 Å². The summed E-state index contributed by atoms with van der Waals surface area (Å²) in [6.45, 7) is 5.49. The molecule has 0 aliphatic rings. The molecule has 100 valence electrons. The van der Waals surface area contributed by atoms with E-state index in [1.165, 1.54) is 6.33 Å². The second-order valence-electron chi connectivity index (χ2n) is 5.22. The second kappa shape index (κ2) is 5.13. The van der Waals surface area contributed by atoms with E-state index < -0.39 is 5.60 Å². The number of hydrogen-bond donors (Lipinski definition) is 0. The highest BCUT2D eigenvalue weighted by Crippen LogP contribution is 2.24. The quantitative estimate of drug-likeness (QED) is 0.792. The largest absolute Gasteiger partial charge is 0.460 e. The van der Waals surface area contributed by atoms with Gasteiger partial charge in [0.05, 0.1) is 22.7 Å². The van der Waals surface area contributed by atoms with E-state index in [-0.39, 0.29) is 12.4 Å². The lowest BCUT2D eigenvalue weighted by molar-refractivity contribution is -0.153. The second-order valence-corrected chi connectivity index (χ2v) is 5.62. The first kappa shape index (κ1) is 13.7. The molecule has 0 saturated heterocycles. The van der Waals surface area contributed by atoms with Gasteiger partial charge in [-0.05, 0) is 32.9 Å². The average Bonchev–Trinajstić information content (AvgIpc) is 2.26. The molecule has 19 heavy (non-hydrogen) atoms. The molecule has 2 rings (SSSR count). The number of fused-ring (bicyclic) bond motifs is 1. The average molecular weight is 279 g/mol. The van der Waals surface area contributed by atoms with Crippen LogP contribution in [0.3, 0.4) is 0 Å². The Morgan fingerprint density at radius 1 is 1.32 bits per heavy atom. The van der Waals surface area contributed by atoms with Gasteiger partial charge in [-0.15, -0.1) is 0 Å². The Balaban J connectivity index is 2.33. The summed E-state index contributed by atoms with van der Waals surface area (Å²) in [5, 5.41) is 1.24. The molecule has 1 aromatic heterocycles. The van der Waals surface area contributed by atoms with Crippen molar-refractivity contribution in [1.82, 2.24) is 9.97 Å². The van der Waals surface area contributed by atoms with Crippen LogP contribution in [0.2, 0.25) is 5.02 Å². The van der Waals surface area contributed by atoms with E-state index in [2.05, 4.69) is 9.97 Å². The Morgan fingerprint density at radius 3 is 2.74 bits per heavy atom.